The van der Waals surface area contributed by atoms with Crippen molar-refractivity contribution in [2.24, 2.45) is 0 Å². The topological polar surface area (TPSA) is 108 Å². The molecule has 4 heterocycles. The average Bonchev–Trinajstić information content (AvgIpc) is 3.57. The lowest BCUT2D eigenvalue weighted by molar-refractivity contribution is 0.0966. The van der Waals surface area contributed by atoms with E-state index in [2.05, 4.69) is 20.3 Å². The number of aryl methyl sites for hydroxylation is 1. The molecule has 172 valence electrons. The molecule has 0 radical (unpaired) electrons. The van der Waals surface area contributed by atoms with Gasteiger partial charge in [0.25, 0.3) is 0 Å². The Hall–Kier alpha value is -4.41. The number of ether oxygens (including phenoxy) is 1. The van der Waals surface area contributed by atoms with Crippen LogP contribution >= 0.6 is 0 Å². The van der Waals surface area contributed by atoms with Gasteiger partial charge in [-0.3, -0.25) is 14.7 Å². The van der Waals surface area contributed by atoms with Gasteiger partial charge >= 0.3 is 6.09 Å². The maximum Gasteiger partial charge on any atom is 0.414 e. The standard InChI is InChI=1S/C23H20FN7O3/c1-15-25-6-8-29(15)14-22(32)21-5-2-16(11-26-21)19-4-3-17(10-20(19)24)31-13-18(34-23(31)33)12-30-9-7-27-28-30/h2-11,18H,12-14H2,1H3/t18-/m0/s1. The van der Waals surface area contributed by atoms with Crippen molar-refractivity contribution in [2.45, 2.75) is 26.1 Å². The van der Waals surface area contributed by atoms with Crippen LogP contribution in [0.15, 0.2) is 61.3 Å². The number of carbonyl (C=O) groups is 2. The van der Waals surface area contributed by atoms with Crippen LogP contribution in [0.3, 0.4) is 0 Å². The second-order valence-corrected chi connectivity index (χ2v) is 7.86. The Morgan fingerprint density at radius 2 is 2.06 bits per heavy atom. The summed E-state index contributed by atoms with van der Waals surface area (Å²) in [6.45, 7) is 2.58. The molecule has 1 fully saturated rings. The van der Waals surface area contributed by atoms with Crippen LogP contribution < -0.4 is 4.90 Å². The van der Waals surface area contributed by atoms with E-state index in [9.17, 15) is 14.0 Å². The summed E-state index contributed by atoms with van der Waals surface area (Å²) < 4.78 is 23.6. The molecular formula is C23H20FN7O3. The van der Waals surface area contributed by atoms with Gasteiger partial charge in [-0.25, -0.2) is 18.9 Å². The molecule has 0 bridgehead atoms. The molecule has 0 saturated carbocycles. The number of nitrogens with zero attached hydrogens (tertiary/aromatic N) is 7. The normalized spacial score (nSPS) is 15.5. The van der Waals surface area contributed by atoms with Crippen LogP contribution in [-0.2, 0) is 17.8 Å². The Balaban J connectivity index is 1.28. The smallest absolute Gasteiger partial charge is 0.414 e. The fourth-order valence-corrected chi connectivity index (χ4v) is 3.80. The first kappa shape index (κ1) is 21.4. The Bertz CT molecular complexity index is 1340. The predicted molar refractivity (Wildman–Crippen MR) is 119 cm³/mol. The Morgan fingerprint density at radius 3 is 2.74 bits per heavy atom. The zero-order valence-corrected chi connectivity index (χ0v) is 18.2. The molecule has 10 nitrogen and oxygen atoms in total. The number of hydrogen-bond acceptors (Lipinski definition) is 7. The number of aromatic nitrogens is 6. The lowest BCUT2D eigenvalue weighted by Gasteiger charge is -2.14. The van der Waals surface area contributed by atoms with Crippen molar-refractivity contribution < 1.29 is 18.7 Å². The van der Waals surface area contributed by atoms with Gasteiger partial charge in [0.2, 0.25) is 5.78 Å². The summed E-state index contributed by atoms with van der Waals surface area (Å²) in [4.78, 5) is 34.5. The number of halogens is 1. The van der Waals surface area contributed by atoms with Crippen molar-refractivity contribution in [3.63, 3.8) is 0 Å². The molecule has 4 aromatic rings. The summed E-state index contributed by atoms with van der Waals surface area (Å²) in [5, 5.41) is 7.59. The van der Waals surface area contributed by atoms with E-state index in [0.29, 0.717) is 23.4 Å². The summed E-state index contributed by atoms with van der Waals surface area (Å²) in [5.41, 5.74) is 1.51. The molecule has 1 aliphatic rings. The Labute approximate surface area is 193 Å². The van der Waals surface area contributed by atoms with Crippen LogP contribution in [0.5, 0.6) is 0 Å². The van der Waals surface area contributed by atoms with Crippen molar-refractivity contribution in [3.05, 3.63) is 78.7 Å². The van der Waals surface area contributed by atoms with Crippen LogP contribution in [-0.4, -0.2) is 54.1 Å². The predicted octanol–water partition coefficient (Wildman–Crippen LogP) is 2.89. The molecule has 1 saturated heterocycles. The zero-order chi connectivity index (χ0) is 23.7. The molecule has 34 heavy (non-hydrogen) atoms. The minimum absolute atomic E-state index is 0.130. The number of pyridine rings is 1. The summed E-state index contributed by atoms with van der Waals surface area (Å²) in [6, 6.07) is 7.74. The van der Waals surface area contributed by atoms with Crippen molar-refractivity contribution in [3.8, 4) is 11.1 Å². The molecular weight excluding hydrogens is 441 g/mol. The number of rotatable bonds is 7. The van der Waals surface area contributed by atoms with Crippen molar-refractivity contribution >= 4 is 17.6 Å². The van der Waals surface area contributed by atoms with E-state index >= 15 is 0 Å². The van der Waals surface area contributed by atoms with Gasteiger partial charge < -0.3 is 9.30 Å². The third kappa shape index (κ3) is 4.27. The van der Waals surface area contributed by atoms with E-state index in [4.69, 9.17) is 4.74 Å². The lowest BCUT2D eigenvalue weighted by atomic mass is 10.1. The first-order chi connectivity index (χ1) is 16.5. The molecule has 1 amide bonds. The highest BCUT2D eigenvalue weighted by Gasteiger charge is 2.33. The maximum absolute atomic E-state index is 15.0. The van der Waals surface area contributed by atoms with Gasteiger partial charge in [-0.2, -0.15) is 0 Å². The van der Waals surface area contributed by atoms with Crippen LogP contribution in [0, 0.1) is 12.7 Å². The molecule has 3 aromatic heterocycles. The number of amides is 1. The molecule has 0 aliphatic carbocycles. The Kier molecular flexibility index (Phi) is 5.58. The number of anilines is 1. The molecule has 1 aliphatic heterocycles. The maximum atomic E-state index is 15.0. The first-order valence-corrected chi connectivity index (χ1v) is 10.6. The molecule has 0 spiro atoms. The minimum atomic E-state index is -0.546. The SMILES string of the molecule is Cc1nccn1CC(=O)c1ccc(-c2ccc(N3C[C@H](Cn4ccnn4)OC3=O)cc2F)cn1. The fraction of sp³-hybridized carbons (Fsp3) is 0.217. The number of benzene rings is 1. The van der Waals surface area contributed by atoms with Crippen molar-refractivity contribution in [1.82, 2.24) is 29.5 Å². The van der Waals surface area contributed by atoms with Gasteiger partial charge in [0.15, 0.2) is 0 Å². The number of Topliss-reactive ketones (excluding diaryl/α,β-unsaturated/α-hetero) is 1. The van der Waals surface area contributed by atoms with Crippen LogP contribution in [0.4, 0.5) is 14.9 Å². The highest BCUT2D eigenvalue weighted by Crippen LogP contribution is 2.29. The lowest BCUT2D eigenvalue weighted by Crippen LogP contribution is -2.26. The summed E-state index contributed by atoms with van der Waals surface area (Å²) >= 11 is 0. The van der Waals surface area contributed by atoms with Gasteiger partial charge in [-0.15, -0.1) is 5.10 Å². The highest BCUT2D eigenvalue weighted by molar-refractivity contribution is 5.94. The van der Waals surface area contributed by atoms with Crippen molar-refractivity contribution in [2.75, 3.05) is 11.4 Å². The zero-order valence-electron chi connectivity index (χ0n) is 18.2. The van der Waals surface area contributed by atoms with Gasteiger partial charge in [0.05, 0.1) is 31.5 Å². The van der Waals surface area contributed by atoms with Crippen molar-refractivity contribution in [1.29, 1.82) is 0 Å². The highest BCUT2D eigenvalue weighted by atomic mass is 19.1. The molecule has 0 N–H and O–H groups in total. The number of imidazole rings is 1. The fourth-order valence-electron chi connectivity index (χ4n) is 3.80. The van der Waals surface area contributed by atoms with Crippen LogP contribution in [0.25, 0.3) is 11.1 Å². The second kappa shape index (κ2) is 8.85. The molecule has 0 unspecified atom stereocenters. The molecule has 11 heteroatoms. The van der Waals surface area contributed by atoms with Gasteiger partial charge in [-0.1, -0.05) is 11.3 Å². The van der Waals surface area contributed by atoms with E-state index in [-0.39, 0.29) is 24.6 Å². The Morgan fingerprint density at radius 1 is 1.18 bits per heavy atom. The van der Waals surface area contributed by atoms with E-state index < -0.39 is 18.0 Å². The van der Waals surface area contributed by atoms with Crippen LogP contribution in [0.2, 0.25) is 0 Å². The molecule has 1 atom stereocenters. The quantitative estimate of drug-likeness (QED) is 0.390. The third-order valence-electron chi connectivity index (χ3n) is 5.60. The first-order valence-electron chi connectivity index (χ1n) is 10.6. The van der Waals surface area contributed by atoms with E-state index in [1.54, 1.807) is 58.3 Å². The molecule has 5 rings (SSSR count). The number of ketones is 1. The van der Waals surface area contributed by atoms with Gasteiger partial charge in [-0.05, 0) is 31.2 Å². The van der Waals surface area contributed by atoms with Gasteiger partial charge in [0.1, 0.15) is 23.4 Å². The van der Waals surface area contributed by atoms with E-state index in [0.717, 1.165) is 5.82 Å². The summed E-state index contributed by atoms with van der Waals surface area (Å²) in [7, 11) is 0. The largest absolute Gasteiger partial charge is 0.442 e. The summed E-state index contributed by atoms with van der Waals surface area (Å²) in [5.74, 6) is 0.0511. The average molecular weight is 461 g/mol. The number of hydrogen-bond donors (Lipinski definition) is 0. The van der Waals surface area contributed by atoms with Crippen LogP contribution in [0.1, 0.15) is 16.3 Å². The van der Waals surface area contributed by atoms with E-state index in [1.807, 2.05) is 6.92 Å². The molecule has 1 aromatic carbocycles. The van der Waals surface area contributed by atoms with E-state index in [1.165, 1.54) is 17.2 Å². The van der Waals surface area contributed by atoms with Gasteiger partial charge in [0, 0.05) is 35.9 Å². The summed E-state index contributed by atoms with van der Waals surface area (Å²) in [6.07, 6.45) is 7.07. The number of cyclic esters (lactones) is 1. The minimum Gasteiger partial charge on any atom is -0.442 e. The third-order valence-corrected chi connectivity index (χ3v) is 5.60. The monoisotopic (exact) mass is 461 g/mol. The number of carbonyl (C=O) groups excluding carboxylic acids is 2. The second-order valence-electron chi connectivity index (χ2n) is 7.86.